The fraction of sp³-hybridized carbons (Fsp3) is 0.947. The SMILES string of the molecule is CN=C(NCC1(N(C)C)CCOCC1)NC1C2CCCOC2C1(C)C.I. The van der Waals surface area contributed by atoms with Crippen LogP contribution in [-0.4, -0.2) is 76.1 Å². The van der Waals surface area contributed by atoms with E-state index in [1.165, 1.54) is 12.8 Å². The van der Waals surface area contributed by atoms with Crippen molar-refractivity contribution in [2.75, 3.05) is 47.5 Å². The van der Waals surface area contributed by atoms with Crippen LogP contribution in [0.2, 0.25) is 0 Å². The van der Waals surface area contributed by atoms with Crippen LogP contribution >= 0.6 is 24.0 Å². The maximum Gasteiger partial charge on any atom is 0.191 e. The third-order valence-electron chi connectivity index (χ3n) is 6.80. The van der Waals surface area contributed by atoms with Gasteiger partial charge in [-0.15, -0.1) is 24.0 Å². The van der Waals surface area contributed by atoms with Crippen LogP contribution in [0.15, 0.2) is 4.99 Å². The lowest BCUT2D eigenvalue weighted by molar-refractivity contribution is -0.188. The highest BCUT2D eigenvalue weighted by Gasteiger charge is 2.58. The van der Waals surface area contributed by atoms with E-state index in [1.54, 1.807) is 0 Å². The fourth-order valence-corrected chi connectivity index (χ4v) is 4.94. The van der Waals surface area contributed by atoms with Gasteiger partial charge in [-0.2, -0.15) is 0 Å². The highest BCUT2D eigenvalue weighted by molar-refractivity contribution is 14.0. The lowest BCUT2D eigenvalue weighted by Crippen LogP contribution is -2.71. The second kappa shape index (κ2) is 8.92. The number of hydrogen-bond acceptors (Lipinski definition) is 4. The Kier molecular flexibility index (Phi) is 7.61. The molecule has 2 N–H and O–H groups in total. The standard InChI is InChI=1S/C19H36N4O2.HI/c1-18(2)15(14-7-6-10-25-16(14)18)22-17(20-3)21-13-19(23(4)5)8-11-24-12-9-19;/h14-16H,6-13H2,1-5H3,(H2,20,21,22);1H. The molecule has 26 heavy (non-hydrogen) atoms. The molecule has 2 saturated heterocycles. The average Bonchev–Trinajstić information content (AvgIpc) is 2.62. The minimum absolute atomic E-state index is 0. The summed E-state index contributed by atoms with van der Waals surface area (Å²) in [5.41, 5.74) is 0.294. The van der Waals surface area contributed by atoms with Gasteiger partial charge in [0.1, 0.15) is 0 Å². The first kappa shape index (κ1) is 22.2. The van der Waals surface area contributed by atoms with E-state index in [9.17, 15) is 0 Å². The zero-order valence-electron chi connectivity index (χ0n) is 17.0. The number of ether oxygens (including phenoxy) is 2. The lowest BCUT2D eigenvalue weighted by Gasteiger charge is -2.60. The fourth-order valence-electron chi connectivity index (χ4n) is 4.94. The van der Waals surface area contributed by atoms with Crippen molar-refractivity contribution in [3.05, 3.63) is 0 Å². The van der Waals surface area contributed by atoms with E-state index in [0.29, 0.717) is 18.1 Å². The van der Waals surface area contributed by atoms with Gasteiger partial charge in [0.2, 0.25) is 0 Å². The van der Waals surface area contributed by atoms with Crippen molar-refractivity contribution in [2.45, 2.75) is 57.2 Å². The van der Waals surface area contributed by atoms with Crippen LogP contribution in [0, 0.1) is 11.3 Å². The molecule has 0 aromatic carbocycles. The number of guanidine groups is 1. The summed E-state index contributed by atoms with van der Waals surface area (Å²) < 4.78 is 11.6. The van der Waals surface area contributed by atoms with Gasteiger partial charge < -0.3 is 25.0 Å². The van der Waals surface area contributed by atoms with Gasteiger partial charge in [-0.05, 0) is 39.8 Å². The molecule has 3 aliphatic rings. The van der Waals surface area contributed by atoms with Crippen LogP contribution in [0.5, 0.6) is 0 Å². The Morgan fingerprint density at radius 3 is 2.50 bits per heavy atom. The molecule has 0 bridgehead atoms. The Balaban J connectivity index is 0.00000243. The number of likely N-dealkylation sites (N-methyl/N-ethyl adjacent to an activating group) is 1. The smallest absolute Gasteiger partial charge is 0.191 e. The quantitative estimate of drug-likeness (QED) is 0.367. The van der Waals surface area contributed by atoms with E-state index in [0.717, 1.165) is 45.2 Å². The van der Waals surface area contributed by atoms with Crippen molar-refractivity contribution in [1.29, 1.82) is 0 Å². The number of nitrogens with zero attached hydrogens (tertiary/aromatic N) is 2. The van der Waals surface area contributed by atoms with Crippen molar-refractivity contribution in [2.24, 2.45) is 16.3 Å². The normalized spacial score (nSPS) is 32.8. The van der Waals surface area contributed by atoms with E-state index < -0.39 is 0 Å². The summed E-state index contributed by atoms with van der Waals surface area (Å²) in [6.45, 7) is 8.10. The molecule has 3 unspecified atom stereocenters. The molecule has 2 aliphatic heterocycles. The third kappa shape index (κ3) is 4.15. The molecule has 3 atom stereocenters. The van der Waals surface area contributed by atoms with Crippen molar-refractivity contribution in [3.63, 3.8) is 0 Å². The predicted octanol–water partition coefficient (Wildman–Crippen LogP) is 2.08. The van der Waals surface area contributed by atoms with E-state index in [4.69, 9.17) is 9.47 Å². The minimum atomic E-state index is 0. The summed E-state index contributed by atoms with van der Waals surface area (Å²) in [4.78, 5) is 6.83. The van der Waals surface area contributed by atoms with E-state index >= 15 is 0 Å². The predicted molar refractivity (Wildman–Crippen MR) is 116 cm³/mol. The first-order valence-electron chi connectivity index (χ1n) is 9.75. The average molecular weight is 480 g/mol. The van der Waals surface area contributed by atoms with Gasteiger partial charge in [0, 0.05) is 56.3 Å². The Morgan fingerprint density at radius 1 is 1.19 bits per heavy atom. The minimum Gasteiger partial charge on any atom is -0.381 e. The Bertz CT molecular complexity index is 492. The van der Waals surface area contributed by atoms with Crippen molar-refractivity contribution >= 4 is 29.9 Å². The Hall–Kier alpha value is -0.120. The highest BCUT2D eigenvalue weighted by atomic mass is 127. The molecule has 0 amide bonds. The van der Waals surface area contributed by atoms with E-state index in [-0.39, 0.29) is 34.9 Å². The van der Waals surface area contributed by atoms with Gasteiger partial charge in [-0.1, -0.05) is 13.8 Å². The van der Waals surface area contributed by atoms with Crippen LogP contribution in [0.4, 0.5) is 0 Å². The van der Waals surface area contributed by atoms with Gasteiger partial charge in [0.25, 0.3) is 0 Å². The molecule has 6 nitrogen and oxygen atoms in total. The summed E-state index contributed by atoms with van der Waals surface area (Å²) >= 11 is 0. The number of hydrogen-bond donors (Lipinski definition) is 2. The molecule has 0 aromatic heterocycles. The molecular weight excluding hydrogens is 443 g/mol. The van der Waals surface area contributed by atoms with Crippen LogP contribution in [0.25, 0.3) is 0 Å². The number of halogens is 1. The number of nitrogens with one attached hydrogen (secondary N) is 2. The highest BCUT2D eigenvalue weighted by Crippen LogP contribution is 2.51. The molecular formula is C19H37IN4O2. The van der Waals surface area contributed by atoms with Crippen molar-refractivity contribution in [1.82, 2.24) is 15.5 Å². The molecule has 7 heteroatoms. The second-order valence-electron chi connectivity index (χ2n) is 8.70. The molecule has 3 rings (SSSR count). The molecule has 2 heterocycles. The van der Waals surface area contributed by atoms with E-state index in [1.807, 2.05) is 7.05 Å². The first-order valence-corrected chi connectivity index (χ1v) is 9.75. The lowest BCUT2D eigenvalue weighted by atomic mass is 9.55. The Labute approximate surface area is 175 Å². The summed E-state index contributed by atoms with van der Waals surface area (Å²) in [6.07, 6.45) is 4.92. The topological polar surface area (TPSA) is 58.1 Å². The van der Waals surface area contributed by atoms with Gasteiger partial charge >= 0.3 is 0 Å². The molecule has 1 aliphatic carbocycles. The first-order chi connectivity index (χ1) is 11.9. The zero-order chi connectivity index (χ0) is 18.1. The molecule has 0 aromatic rings. The molecule has 0 radical (unpaired) electrons. The maximum atomic E-state index is 6.02. The number of fused-ring (bicyclic) bond motifs is 1. The molecule has 0 spiro atoms. The maximum absolute atomic E-state index is 6.02. The second-order valence-corrected chi connectivity index (χ2v) is 8.70. The summed E-state index contributed by atoms with van der Waals surface area (Å²) in [6, 6.07) is 0.425. The zero-order valence-corrected chi connectivity index (χ0v) is 19.3. The molecule has 152 valence electrons. The largest absolute Gasteiger partial charge is 0.381 e. The van der Waals surface area contributed by atoms with Crippen LogP contribution < -0.4 is 10.6 Å². The van der Waals surface area contributed by atoms with Gasteiger partial charge in [-0.25, -0.2) is 0 Å². The molecule has 1 saturated carbocycles. The van der Waals surface area contributed by atoms with Crippen LogP contribution in [0.3, 0.4) is 0 Å². The van der Waals surface area contributed by atoms with Gasteiger partial charge in [0.05, 0.1) is 6.10 Å². The number of aliphatic imine (C=N–C) groups is 1. The monoisotopic (exact) mass is 480 g/mol. The van der Waals surface area contributed by atoms with Crippen LogP contribution in [-0.2, 0) is 9.47 Å². The summed E-state index contributed by atoms with van der Waals surface area (Å²) in [7, 11) is 6.20. The summed E-state index contributed by atoms with van der Waals surface area (Å²) in [5, 5.41) is 7.29. The van der Waals surface area contributed by atoms with Crippen LogP contribution in [0.1, 0.15) is 39.5 Å². The number of rotatable bonds is 4. The Morgan fingerprint density at radius 2 is 1.88 bits per heavy atom. The van der Waals surface area contributed by atoms with Crippen molar-refractivity contribution < 1.29 is 9.47 Å². The third-order valence-corrected chi connectivity index (χ3v) is 6.80. The van der Waals surface area contributed by atoms with E-state index in [2.05, 4.69) is 48.5 Å². The van der Waals surface area contributed by atoms with Gasteiger partial charge in [0.15, 0.2) is 5.96 Å². The summed E-state index contributed by atoms with van der Waals surface area (Å²) in [5.74, 6) is 1.52. The van der Waals surface area contributed by atoms with Gasteiger partial charge in [-0.3, -0.25) is 4.99 Å². The molecule has 3 fully saturated rings. The van der Waals surface area contributed by atoms with Crippen molar-refractivity contribution in [3.8, 4) is 0 Å².